The molecule has 0 unspecified atom stereocenters. The van der Waals surface area contributed by atoms with Gasteiger partial charge in [0.15, 0.2) is 0 Å². The summed E-state index contributed by atoms with van der Waals surface area (Å²) in [7, 11) is 0. The van der Waals surface area contributed by atoms with Crippen molar-refractivity contribution >= 4 is 5.91 Å². The first-order chi connectivity index (χ1) is 6.99. The molecule has 0 aromatic rings. The minimum absolute atomic E-state index is 0.0810. The zero-order valence-electron chi connectivity index (χ0n) is 9.06. The van der Waals surface area contributed by atoms with E-state index in [1.165, 1.54) is 0 Å². The molecule has 6 nitrogen and oxygen atoms in total. The highest BCUT2D eigenvalue weighted by atomic mass is 16.5. The van der Waals surface area contributed by atoms with Crippen LogP contribution in [0.1, 0.15) is 13.8 Å². The predicted octanol–water partition coefficient (Wildman–Crippen LogP) is -1.76. The molecule has 0 aromatic heterocycles. The van der Waals surface area contributed by atoms with Gasteiger partial charge in [-0.15, -0.1) is 0 Å². The van der Waals surface area contributed by atoms with E-state index in [2.05, 4.69) is 5.32 Å². The molecule has 0 saturated heterocycles. The monoisotopic (exact) mass is 221 g/mol. The summed E-state index contributed by atoms with van der Waals surface area (Å²) in [5.74, 6) is -0.485. The fourth-order valence-electron chi connectivity index (χ4n) is 0.843. The third-order valence-corrected chi connectivity index (χ3v) is 1.86. The molecule has 4 N–H and O–H groups in total. The van der Waals surface area contributed by atoms with Crippen LogP contribution in [0.5, 0.6) is 0 Å². The van der Waals surface area contributed by atoms with E-state index in [1.54, 1.807) is 13.8 Å². The molecule has 0 fully saturated rings. The van der Waals surface area contributed by atoms with Crippen LogP contribution >= 0.6 is 0 Å². The molecule has 6 heteroatoms. The second kappa shape index (κ2) is 6.73. The quantitative estimate of drug-likeness (QED) is 0.408. The SMILES string of the molecule is CC(C)OCC(=O)NC(CO)(CO)CO. The molecular formula is C9H19NO5. The summed E-state index contributed by atoms with van der Waals surface area (Å²) in [6.07, 6.45) is -0.0810. The number of rotatable bonds is 7. The molecule has 0 aliphatic carbocycles. The maximum Gasteiger partial charge on any atom is 0.246 e. The van der Waals surface area contributed by atoms with Gasteiger partial charge in [0.2, 0.25) is 5.91 Å². The molecule has 0 radical (unpaired) electrons. The molecule has 0 heterocycles. The molecule has 0 aliphatic heterocycles. The number of hydrogen-bond donors (Lipinski definition) is 4. The van der Waals surface area contributed by atoms with E-state index < -0.39 is 31.3 Å². The molecule has 0 spiro atoms. The Morgan fingerprint density at radius 2 is 1.73 bits per heavy atom. The number of aliphatic hydroxyl groups is 3. The van der Waals surface area contributed by atoms with E-state index in [9.17, 15) is 4.79 Å². The maximum absolute atomic E-state index is 11.3. The van der Waals surface area contributed by atoms with E-state index >= 15 is 0 Å². The molecular weight excluding hydrogens is 202 g/mol. The summed E-state index contributed by atoms with van der Waals surface area (Å²) in [5.41, 5.74) is -1.38. The maximum atomic E-state index is 11.3. The van der Waals surface area contributed by atoms with Crippen LogP contribution in [0.3, 0.4) is 0 Å². The Morgan fingerprint density at radius 1 is 1.27 bits per heavy atom. The molecule has 0 bridgehead atoms. The zero-order valence-corrected chi connectivity index (χ0v) is 9.06. The number of amides is 1. The third-order valence-electron chi connectivity index (χ3n) is 1.86. The third kappa shape index (κ3) is 5.08. The number of nitrogens with one attached hydrogen (secondary N) is 1. The Labute approximate surface area is 88.9 Å². The molecule has 0 rings (SSSR count). The highest BCUT2D eigenvalue weighted by Gasteiger charge is 2.29. The first-order valence-corrected chi connectivity index (χ1v) is 4.75. The van der Waals surface area contributed by atoms with Crippen LogP contribution in [0.15, 0.2) is 0 Å². The van der Waals surface area contributed by atoms with Gasteiger partial charge in [-0.2, -0.15) is 0 Å². The van der Waals surface area contributed by atoms with Crippen LogP contribution in [0.2, 0.25) is 0 Å². The van der Waals surface area contributed by atoms with Gasteiger partial charge in [-0.25, -0.2) is 0 Å². The minimum Gasteiger partial charge on any atom is -0.394 e. The van der Waals surface area contributed by atoms with Gasteiger partial charge in [-0.05, 0) is 13.8 Å². The lowest BCUT2D eigenvalue weighted by molar-refractivity contribution is -0.131. The normalized spacial score (nSPS) is 11.9. The molecule has 90 valence electrons. The lowest BCUT2D eigenvalue weighted by Crippen LogP contribution is -2.57. The van der Waals surface area contributed by atoms with Gasteiger partial charge in [0.25, 0.3) is 0 Å². The Morgan fingerprint density at radius 3 is 2.07 bits per heavy atom. The number of hydrogen-bond acceptors (Lipinski definition) is 5. The number of ether oxygens (including phenoxy) is 1. The van der Waals surface area contributed by atoms with Gasteiger partial charge in [0, 0.05) is 0 Å². The summed E-state index contributed by atoms with van der Waals surface area (Å²) in [5, 5.41) is 29.1. The second-order valence-electron chi connectivity index (χ2n) is 3.66. The van der Waals surface area contributed by atoms with Crippen molar-refractivity contribution in [2.75, 3.05) is 26.4 Å². The van der Waals surface area contributed by atoms with Crippen LogP contribution in [0.4, 0.5) is 0 Å². The van der Waals surface area contributed by atoms with Crippen molar-refractivity contribution in [1.29, 1.82) is 0 Å². The van der Waals surface area contributed by atoms with Crippen molar-refractivity contribution in [3.8, 4) is 0 Å². The summed E-state index contributed by atoms with van der Waals surface area (Å²) in [6.45, 7) is 1.79. The zero-order chi connectivity index (χ0) is 11.9. The first-order valence-electron chi connectivity index (χ1n) is 4.75. The van der Waals surface area contributed by atoms with Crippen molar-refractivity contribution in [2.45, 2.75) is 25.5 Å². The summed E-state index contributed by atoms with van der Waals surface area (Å²) in [6, 6.07) is 0. The van der Waals surface area contributed by atoms with Crippen LogP contribution in [0.25, 0.3) is 0 Å². The van der Waals surface area contributed by atoms with Crippen molar-refractivity contribution in [3.05, 3.63) is 0 Å². The number of carbonyl (C=O) groups is 1. The fraction of sp³-hybridized carbons (Fsp3) is 0.889. The average molecular weight is 221 g/mol. The lowest BCUT2D eigenvalue weighted by Gasteiger charge is -2.28. The minimum atomic E-state index is -1.38. The van der Waals surface area contributed by atoms with Gasteiger partial charge < -0.3 is 25.4 Å². The van der Waals surface area contributed by atoms with E-state index in [-0.39, 0.29) is 12.7 Å². The van der Waals surface area contributed by atoms with Crippen molar-refractivity contribution in [2.24, 2.45) is 0 Å². The van der Waals surface area contributed by atoms with E-state index in [4.69, 9.17) is 20.1 Å². The summed E-state index contributed by atoms with van der Waals surface area (Å²) < 4.78 is 5.03. The number of aliphatic hydroxyl groups excluding tert-OH is 3. The van der Waals surface area contributed by atoms with Crippen molar-refractivity contribution in [1.82, 2.24) is 5.32 Å². The second-order valence-corrected chi connectivity index (χ2v) is 3.66. The van der Waals surface area contributed by atoms with Crippen LogP contribution < -0.4 is 5.32 Å². The molecule has 0 aliphatic rings. The Hall–Kier alpha value is -0.690. The van der Waals surface area contributed by atoms with Crippen molar-refractivity contribution < 1.29 is 24.9 Å². The smallest absolute Gasteiger partial charge is 0.246 e. The Balaban J connectivity index is 4.11. The van der Waals surface area contributed by atoms with Crippen LogP contribution in [-0.4, -0.2) is 59.3 Å². The van der Waals surface area contributed by atoms with Crippen molar-refractivity contribution in [3.63, 3.8) is 0 Å². The molecule has 1 amide bonds. The Bertz CT molecular complexity index is 183. The lowest BCUT2D eigenvalue weighted by atomic mass is 10.0. The van der Waals surface area contributed by atoms with Gasteiger partial charge in [-0.1, -0.05) is 0 Å². The van der Waals surface area contributed by atoms with Gasteiger partial charge >= 0.3 is 0 Å². The molecule has 15 heavy (non-hydrogen) atoms. The largest absolute Gasteiger partial charge is 0.394 e. The van der Waals surface area contributed by atoms with E-state index in [0.717, 1.165) is 0 Å². The van der Waals surface area contributed by atoms with Crippen LogP contribution in [-0.2, 0) is 9.53 Å². The highest BCUT2D eigenvalue weighted by molar-refractivity contribution is 5.78. The van der Waals surface area contributed by atoms with Gasteiger partial charge in [0.1, 0.15) is 12.1 Å². The van der Waals surface area contributed by atoms with Gasteiger partial charge in [0.05, 0.1) is 25.9 Å². The van der Waals surface area contributed by atoms with E-state index in [0.29, 0.717) is 0 Å². The topological polar surface area (TPSA) is 99.0 Å². The van der Waals surface area contributed by atoms with Crippen LogP contribution in [0, 0.1) is 0 Å². The summed E-state index contributed by atoms with van der Waals surface area (Å²) in [4.78, 5) is 11.3. The molecule has 0 aromatic carbocycles. The molecule has 0 saturated carbocycles. The molecule has 0 atom stereocenters. The summed E-state index contributed by atoms with van der Waals surface area (Å²) >= 11 is 0. The van der Waals surface area contributed by atoms with Gasteiger partial charge in [-0.3, -0.25) is 4.79 Å². The first kappa shape index (κ1) is 14.3. The number of carbonyl (C=O) groups excluding carboxylic acids is 1. The predicted molar refractivity (Wildman–Crippen MR) is 53.2 cm³/mol. The highest BCUT2D eigenvalue weighted by Crippen LogP contribution is 2.01. The average Bonchev–Trinajstić information content (AvgIpc) is 2.23. The fourth-order valence-corrected chi connectivity index (χ4v) is 0.843. The Kier molecular flexibility index (Phi) is 6.42. The standard InChI is InChI=1S/C9H19NO5/c1-7(2)15-3-8(14)10-9(4-11,5-12)6-13/h7,11-13H,3-6H2,1-2H3,(H,10,14). The van der Waals surface area contributed by atoms with E-state index in [1.807, 2.05) is 0 Å².